The summed E-state index contributed by atoms with van der Waals surface area (Å²) >= 11 is 1.17. The molecule has 1 aliphatic rings. The summed E-state index contributed by atoms with van der Waals surface area (Å²) in [6, 6.07) is 14.3. The third kappa shape index (κ3) is 4.75. The fourth-order valence-corrected chi connectivity index (χ4v) is 5.70. The number of aryl methyl sites for hydroxylation is 1. The number of aromatic nitrogens is 1. The van der Waals surface area contributed by atoms with Gasteiger partial charge >= 0.3 is 5.97 Å². The van der Waals surface area contributed by atoms with Crippen LogP contribution in [0.4, 0.5) is 5.69 Å². The van der Waals surface area contributed by atoms with Gasteiger partial charge in [-0.1, -0.05) is 35.6 Å². The number of carbonyl (C=O) groups is 1. The van der Waals surface area contributed by atoms with Crippen molar-refractivity contribution in [2.75, 3.05) is 13.7 Å². The smallest absolute Gasteiger partial charge is 0.338 e. The van der Waals surface area contributed by atoms with Crippen LogP contribution in [0.25, 0.3) is 17.4 Å². The molecule has 1 aliphatic heterocycles. The molecule has 204 valence electrons. The van der Waals surface area contributed by atoms with E-state index in [9.17, 15) is 19.7 Å². The molecule has 0 aliphatic carbocycles. The summed E-state index contributed by atoms with van der Waals surface area (Å²) < 4.78 is 18.7. The maximum atomic E-state index is 13.8. The number of nitro groups is 1. The summed E-state index contributed by atoms with van der Waals surface area (Å²) in [7, 11) is 1.53. The Morgan fingerprint density at radius 3 is 2.70 bits per heavy atom. The lowest BCUT2D eigenvalue weighted by Crippen LogP contribution is -2.40. The predicted octanol–water partition coefficient (Wildman–Crippen LogP) is 4.28. The van der Waals surface area contributed by atoms with E-state index in [1.165, 1.54) is 35.1 Å². The molecule has 0 bridgehead atoms. The lowest BCUT2D eigenvalue weighted by Gasteiger charge is -2.25. The molecule has 3 heterocycles. The molecule has 0 radical (unpaired) electrons. The Balaban J connectivity index is 1.65. The van der Waals surface area contributed by atoms with Crippen LogP contribution in [-0.2, 0) is 9.53 Å². The average Bonchev–Trinajstić information content (AvgIpc) is 3.52. The van der Waals surface area contributed by atoms with Gasteiger partial charge in [0.05, 0.1) is 34.4 Å². The first kappa shape index (κ1) is 26.8. The molecular weight excluding hydrogens is 534 g/mol. The second kappa shape index (κ2) is 10.8. The molecule has 5 rings (SSSR count). The number of methoxy groups -OCH3 is 1. The van der Waals surface area contributed by atoms with Gasteiger partial charge in [0.15, 0.2) is 4.80 Å². The summed E-state index contributed by atoms with van der Waals surface area (Å²) in [6.45, 7) is 5.43. The molecule has 2 aromatic carbocycles. The van der Waals surface area contributed by atoms with Crippen molar-refractivity contribution in [1.29, 1.82) is 0 Å². The van der Waals surface area contributed by atoms with Gasteiger partial charge in [-0.2, -0.15) is 0 Å². The van der Waals surface area contributed by atoms with Crippen LogP contribution in [0, 0.1) is 17.0 Å². The van der Waals surface area contributed by atoms with Crippen molar-refractivity contribution >= 4 is 29.1 Å². The molecule has 4 aromatic rings. The van der Waals surface area contributed by atoms with Gasteiger partial charge in [0.1, 0.15) is 23.3 Å². The molecule has 0 saturated carbocycles. The Morgan fingerprint density at radius 1 is 1.20 bits per heavy atom. The monoisotopic (exact) mass is 559 g/mol. The fraction of sp³-hybridized carbons (Fsp3) is 0.207. The minimum absolute atomic E-state index is 0.0454. The molecule has 0 saturated heterocycles. The second-order valence-corrected chi connectivity index (χ2v) is 10.0. The first-order chi connectivity index (χ1) is 19.2. The first-order valence-corrected chi connectivity index (χ1v) is 13.2. The van der Waals surface area contributed by atoms with Gasteiger partial charge in [0, 0.05) is 29.3 Å². The number of thiazole rings is 1. The number of benzene rings is 2. The van der Waals surface area contributed by atoms with Crippen molar-refractivity contribution < 1.29 is 23.6 Å². The molecular formula is C29H25N3O7S. The van der Waals surface area contributed by atoms with Crippen molar-refractivity contribution in [3.05, 3.63) is 113 Å². The minimum Gasteiger partial charge on any atom is -0.496 e. The van der Waals surface area contributed by atoms with E-state index in [-0.39, 0.29) is 23.4 Å². The summed E-state index contributed by atoms with van der Waals surface area (Å²) in [5.74, 6) is 0.785. The Morgan fingerprint density at radius 2 is 1.98 bits per heavy atom. The van der Waals surface area contributed by atoms with E-state index in [0.717, 1.165) is 5.56 Å². The summed E-state index contributed by atoms with van der Waals surface area (Å²) in [5, 5.41) is 11.3. The van der Waals surface area contributed by atoms with Crippen LogP contribution >= 0.6 is 11.3 Å². The lowest BCUT2D eigenvalue weighted by molar-refractivity contribution is -0.384. The van der Waals surface area contributed by atoms with Crippen molar-refractivity contribution in [1.82, 2.24) is 4.57 Å². The zero-order valence-electron chi connectivity index (χ0n) is 22.2. The maximum Gasteiger partial charge on any atom is 0.338 e. The van der Waals surface area contributed by atoms with Crippen molar-refractivity contribution in [2.24, 2.45) is 4.99 Å². The number of non-ortho nitro benzene ring substituents is 1. The normalized spacial score (nSPS) is 15.0. The van der Waals surface area contributed by atoms with E-state index in [1.807, 2.05) is 19.1 Å². The molecule has 40 heavy (non-hydrogen) atoms. The highest BCUT2D eigenvalue weighted by atomic mass is 32.1. The van der Waals surface area contributed by atoms with Crippen LogP contribution in [-0.4, -0.2) is 29.2 Å². The number of nitrogens with zero attached hydrogens (tertiary/aromatic N) is 3. The number of fused-ring (bicyclic) bond motifs is 1. The molecule has 1 atom stereocenters. The second-order valence-electron chi connectivity index (χ2n) is 9.00. The molecule has 11 heteroatoms. The number of carbonyl (C=O) groups excluding carboxylic acids is 1. The lowest BCUT2D eigenvalue weighted by atomic mass is 9.95. The van der Waals surface area contributed by atoms with Crippen molar-refractivity contribution in [2.45, 2.75) is 26.8 Å². The van der Waals surface area contributed by atoms with Crippen molar-refractivity contribution in [3.8, 4) is 17.1 Å². The molecule has 0 N–H and O–H groups in total. The van der Waals surface area contributed by atoms with Gasteiger partial charge < -0.3 is 13.9 Å². The van der Waals surface area contributed by atoms with Crippen LogP contribution in [0.1, 0.15) is 36.8 Å². The van der Waals surface area contributed by atoms with E-state index < -0.39 is 16.9 Å². The number of hydrogen-bond acceptors (Lipinski definition) is 9. The van der Waals surface area contributed by atoms with Gasteiger partial charge in [-0.15, -0.1) is 0 Å². The fourth-order valence-electron chi connectivity index (χ4n) is 4.67. The number of ether oxygens (including phenoxy) is 2. The molecule has 10 nitrogen and oxygen atoms in total. The summed E-state index contributed by atoms with van der Waals surface area (Å²) in [4.78, 5) is 42.7. The largest absolute Gasteiger partial charge is 0.496 e. The molecule has 1 unspecified atom stereocenters. The van der Waals surface area contributed by atoms with Gasteiger partial charge in [-0.25, -0.2) is 9.79 Å². The highest BCUT2D eigenvalue weighted by Gasteiger charge is 2.35. The summed E-state index contributed by atoms with van der Waals surface area (Å²) in [5.41, 5.74) is 2.31. The Hall–Kier alpha value is -4.77. The minimum atomic E-state index is -0.812. The number of hydrogen-bond donors (Lipinski definition) is 0. The Kier molecular flexibility index (Phi) is 7.22. The van der Waals surface area contributed by atoms with Crippen LogP contribution in [0.15, 0.2) is 80.1 Å². The Labute approximate surface area is 232 Å². The molecule has 2 aromatic heterocycles. The highest BCUT2D eigenvalue weighted by molar-refractivity contribution is 7.07. The van der Waals surface area contributed by atoms with Gasteiger partial charge in [0.25, 0.3) is 11.2 Å². The zero-order chi connectivity index (χ0) is 28.6. The van der Waals surface area contributed by atoms with Crippen LogP contribution in [0.5, 0.6) is 5.75 Å². The first-order valence-electron chi connectivity index (χ1n) is 12.4. The van der Waals surface area contributed by atoms with Gasteiger partial charge in [-0.05, 0) is 44.5 Å². The van der Waals surface area contributed by atoms with E-state index >= 15 is 0 Å². The third-order valence-corrected chi connectivity index (χ3v) is 7.53. The Bertz CT molecular complexity index is 1860. The number of para-hydroxylation sites is 1. The van der Waals surface area contributed by atoms with E-state index in [4.69, 9.17) is 13.9 Å². The number of nitro benzene ring substituents is 1. The average molecular weight is 560 g/mol. The topological polar surface area (TPSA) is 126 Å². The molecule has 0 amide bonds. The van der Waals surface area contributed by atoms with Crippen LogP contribution in [0.2, 0.25) is 0 Å². The maximum absolute atomic E-state index is 13.8. The van der Waals surface area contributed by atoms with Gasteiger partial charge in [0.2, 0.25) is 0 Å². The quantitative estimate of drug-likeness (QED) is 0.188. The van der Waals surface area contributed by atoms with Gasteiger partial charge in [-0.3, -0.25) is 19.5 Å². The van der Waals surface area contributed by atoms with E-state index in [0.29, 0.717) is 43.4 Å². The molecule has 0 fully saturated rings. The summed E-state index contributed by atoms with van der Waals surface area (Å²) in [6.07, 6.45) is 1.60. The van der Waals surface area contributed by atoms with Crippen molar-refractivity contribution in [3.63, 3.8) is 0 Å². The predicted molar refractivity (Wildman–Crippen MR) is 149 cm³/mol. The van der Waals surface area contributed by atoms with E-state index in [1.54, 1.807) is 50.3 Å². The van der Waals surface area contributed by atoms with Crippen LogP contribution in [0.3, 0.4) is 0 Å². The van der Waals surface area contributed by atoms with Crippen LogP contribution < -0.4 is 19.6 Å². The SMILES string of the molecule is CCOC(=O)C1=C(C)N=c2sc(=Cc3ccc(-c4cc([N+](=O)[O-])ccc4C)o3)c(=O)n2C1c1ccccc1OC. The number of esters is 1. The number of rotatable bonds is 7. The number of allylic oxidation sites excluding steroid dienone is 1. The number of furan rings is 1. The zero-order valence-corrected chi connectivity index (χ0v) is 23.0. The van der Waals surface area contributed by atoms with E-state index in [2.05, 4.69) is 4.99 Å². The molecule has 0 spiro atoms. The standard InChI is InChI=1S/C29H25N3O7S/c1-5-38-28(34)25-17(3)30-29-31(26(25)20-8-6-7-9-22(20)37-4)27(33)24(40-29)15-19-12-13-23(39-19)21-14-18(32(35)36)11-10-16(21)2/h6-15,26H,5H2,1-4H3. The third-order valence-electron chi connectivity index (χ3n) is 6.55. The highest BCUT2D eigenvalue weighted by Crippen LogP contribution is 2.35.